The predicted molar refractivity (Wildman–Crippen MR) is 79.7 cm³/mol. The molecule has 0 amide bonds. The number of benzene rings is 1. The Hall–Kier alpha value is -1.31. The van der Waals surface area contributed by atoms with Crippen LogP contribution in [0.5, 0.6) is 0 Å². The van der Waals surface area contributed by atoms with Crippen molar-refractivity contribution in [1.29, 1.82) is 0 Å². The van der Waals surface area contributed by atoms with E-state index in [-0.39, 0.29) is 5.82 Å². The smallest absolute Gasteiger partial charge is 0.200 e. The molecule has 0 unspecified atom stereocenters. The third-order valence-electron chi connectivity index (χ3n) is 2.56. The molecule has 2 aromatic heterocycles. The van der Waals surface area contributed by atoms with Gasteiger partial charge in [0, 0.05) is 4.47 Å². The summed E-state index contributed by atoms with van der Waals surface area (Å²) in [5, 5.41) is 8.92. The molecule has 3 aromatic rings. The average molecular weight is 356 g/mol. The second kappa shape index (κ2) is 4.99. The minimum atomic E-state index is -0.321. The van der Waals surface area contributed by atoms with E-state index in [2.05, 4.69) is 26.1 Å². The van der Waals surface area contributed by atoms with Gasteiger partial charge in [-0.2, -0.15) is 5.10 Å². The monoisotopic (exact) mass is 355 g/mol. The van der Waals surface area contributed by atoms with Crippen molar-refractivity contribution in [3.8, 4) is 16.4 Å². The Kier molecular flexibility index (Phi) is 3.34. The number of rotatable bonds is 2. The van der Waals surface area contributed by atoms with Crippen LogP contribution < -0.4 is 0 Å². The second-order valence-corrected chi connectivity index (χ2v) is 5.95. The summed E-state index contributed by atoms with van der Waals surface area (Å²) in [6.45, 7) is 0. The SMILES string of the molecule is Fc1ccc(Br)c(-n2c(-c3cccs3)n[nH]c2=S)c1. The zero-order valence-corrected chi connectivity index (χ0v) is 12.6. The van der Waals surface area contributed by atoms with Crippen molar-refractivity contribution >= 4 is 39.5 Å². The largest absolute Gasteiger partial charge is 0.266 e. The third-order valence-corrected chi connectivity index (χ3v) is 4.37. The third kappa shape index (κ3) is 2.29. The van der Waals surface area contributed by atoms with Gasteiger partial charge in [0.1, 0.15) is 5.82 Å². The first-order valence-electron chi connectivity index (χ1n) is 5.33. The summed E-state index contributed by atoms with van der Waals surface area (Å²) in [6.07, 6.45) is 0. The van der Waals surface area contributed by atoms with Crippen LogP contribution in [0.4, 0.5) is 4.39 Å². The average Bonchev–Trinajstić information content (AvgIpc) is 3.01. The van der Waals surface area contributed by atoms with Crippen LogP contribution in [0.2, 0.25) is 0 Å². The molecule has 0 atom stereocenters. The van der Waals surface area contributed by atoms with Gasteiger partial charge in [0.2, 0.25) is 0 Å². The number of aromatic amines is 1. The maximum Gasteiger partial charge on any atom is 0.200 e. The predicted octanol–water partition coefficient (Wildman–Crippen LogP) is 4.56. The van der Waals surface area contributed by atoms with Crippen LogP contribution in [-0.4, -0.2) is 14.8 Å². The molecule has 0 aliphatic carbocycles. The summed E-state index contributed by atoms with van der Waals surface area (Å²) in [7, 11) is 0. The molecule has 0 saturated heterocycles. The summed E-state index contributed by atoms with van der Waals surface area (Å²) in [6, 6.07) is 8.34. The molecule has 0 fully saturated rings. The topological polar surface area (TPSA) is 33.6 Å². The number of nitrogens with zero attached hydrogens (tertiary/aromatic N) is 2. The molecule has 1 N–H and O–H groups in total. The van der Waals surface area contributed by atoms with Crippen LogP contribution in [0.25, 0.3) is 16.4 Å². The minimum Gasteiger partial charge on any atom is -0.266 e. The molecule has 1 aromatic carbocycles. The van der Waals surface area contributed by atoms with Crippen molar-refractivity contribution in [3.05, 3.63) is 50.8 Å². The maximum absolute atomic E-state index is 13.4. The summed E-state index contributed by atoms with van der Waals surface area (Å²) < 4.78 is 16.3. The molecule has 0 aliphatic heterocycles. The van der Waals surface area contributed by atoms with E-state index in [1.165, 1.54) is 12.1 Å². The molecule has 0 saturated carbocycles. The Labute approximate surface area is 125 Å². The molecule has 0 bridgehead atoms. The lowest BCUT2D eigenvalue weighted by Crippen LogP contribution is -1.98. The fourth-order valence-corrected chi connectivity index (χ4v) is 3.11. The van der Waals surface area contributed by atoms with E-state index < -0.39 is 0 Å². The van der Waals surface area contributed by atoms with E-state index in [1.54, 1.807) is 22.0 Å². The first-order valence-corrected chi connectivity index (χ1v) is 7.41. The number of halogens is 2. The lowest BCUT2D eigenvalue weighted by atomic mass is 10.3. The molecular formula is C12H7BrFN3S2. The summed E-state index contributed by atoms with van der Waals surface area (Å²) in [4.78, 5) is 0.962. The van der Waals surface area contributed by atoms with E-state index in [4.69, 9.17) is 12.2 Å². The van der Waals surface area contributed by atoms with Gasteiger partial charge in [0.25, 0.3) is 0 Å². The highest BCUT2D eigenvalue weighted by Gasteiger charge is 2.14. The molecule has 7 heteroatoms. The summed E-state index contributed by atoms with van der Waals surface area (Å²) in [5.41, 5.74) is 0.627. The minimum absolute atomic E-state index is 0.321. The lowest BCUT2D eigenvalue weighted by molar-refractivity contribution is 0.626. The highest BCUT2D eigenvalue weighted by molar-refractivity contribution is 9.10. The van der Waals surface area contributed by atoms with E-state index in [0.29, 0.717) is 16.3 Å². The Morgan fingerprint density at radius 1 is 1.37 bits per heavy atom. The van der Waals surface area contributed by atoms with Crippen LogP contribution in [0, 0.1) is 10.6 Å². The number of hydrogen-bond acceptors (Lipinski definition) is 3. The molecule has 96 valence electrons. The van der Waals surface area contributed by atoms with Crippen molar-refractivity contribution < 1.29 is 4.39 Å². The normalized spacial score (nSPS) is 10.8. The number of H-pyrrole nitrogens is 1. The van der Waals surface area contributed by atoms with Crippen molar-refractivity contribution in [2.45, 2.75) is 0 Å². The van der Waals surface area contributed by atoms with Crippen LogP contribution >= 0.6 is 39.5 Å². The van der Waals surface area contributed by atoms with E-state index in [9.17, 15) is 4.39 Å². The van der Waals surface area contributed by atoms with E-state index in [0.717, 1.165) is 9.35 Å². The Morgan fingerprint density at radius 2 is 2.21 bits per heavy atom. The molecule has 19 heavy (non-hydrogen) atoms. The molecule has 3 nitrogen and oxygen atoms in total. The Morgan fingerprint density at radius 3 is 2.95 bits per heavy atom. The van der Waals surface area contributed by atoms with Crippen LogP contribution in [0.3, 0.4) is 0 Å². The van der Waals surface area contributed by atoms with Gasteiger partial charge < -0.3 is 0 Å². The van der Waals surface area contributed by atoms with Gasteiger partial charge in [-0.1, -0.05) is 6.07 Å². The molecular weight excluding hydrogens is 349 g/mol. The van der Waals surface area contributed by atoms with E-state index in [1.807, 2.05) is 17.5 Å². The molecule has 2 heterocycles. The highest BCUT2D eigenvalue weighted by Crippen LogP contribution is 2.29. The van der Waals surface area contributed by atoms with Crippen molar-refractivity contribution in [3.63, 3.8) is 0 Å². The number of nitrogens with one attached hydrogen (secondary N) is 1. The lowest BCUT2D eigenvalue weighted by Gasteiger charge is -2.08. The summed E-state index contributed by atoms with van der Waals surface area (Å²) >= 11 is 10.2. The maximum atomic E-state index is 13.4. The van der Waals surface area contributed by atoms with Crippen molar-refractivity contribution in [1.82, 2.24) is 14.8 Å². The second-order valence-electron chi connectivity index (χ2n) is 3.76. The van der Waals surface area contributed by atoms with Crippen molar-refractivity contribution in [2.24, 2.45) is 0 Å². The van der Waals surface area contributed by atoms with Crippen molar-refractivity contribution in [2.75, 3.05) is 0 Å². The van der Waals surface area contributed by atoms with Crippen LogP contribution in [0.15, 0.2) is 40.2 Å². The number of hydrogen-bond donors (Lipinski definition) is 1. The molecule has 3 rings (SSSR count). The van der Waals surface area contributed by atoms with Crippen LogP contribution in [-0.2, 0) is 0 Å². The zero-order valence-electron chi connectivity index (χ0n) is 9.43. The molecule has 0 radical (unpaired) electrons. The Bertz CT molecular complexity index is 777. The number of thiophene rings is 1. The van der Waals surface area contributed by atoms with Gasteiger partial charge >= 0.3 is 0 Å². The fourth-order valence-electron chi connectivity index (χ4n) is 1.75. The van der Waals surface area contributed by atoms with Gasteiger partial charge in [0.15, 0.2) is 10.6 Å². The molecule has 0 aliphatic rings. The fraction of sp³-hybridized carbons (Fsp3) is 0. The zero-order chi connectivity index (χ0) is 13.4. The standard InChI is InChI=1S/C12H7BrFN3S2/c13-8-4-3-7(14)6-9(8)17-11(15-16-12(17)18)10-2-1-5-19-10/h1-6H,(H,16,18). The van der Waals surface area contributed by atoms with Gasteiger partial charge in [-0.05, 0) is 57.8 Å². The van der Waals surface area contributed by atoms with Gasteiger partial charge in [-0.25, -0.2) is 4.39 Å². The molecule has 0 spiro atoms. The van der Waals surface area contributed by atoms with Crippen LogP contribution in [0.1, 0.15) is 0 Å². The van der Waals surface area contributed by atoms with Gasteiger partial charge in [-0.15, -0.1) is 11.3 Å². The van der Waals surface area contributed by atoms with Gasteiger partial charge in [0.05, 0.1) is 10.6 Å². The highest BCUT2D eigenvalue weighted by atomic mass is 79.9. The quantitative estimate of drug-likeness (QED) is 0.683. The first-order chi connectivity index (χ1) is 9.16. The van der Waals surface area contributed by atoms with E-state index >= 15 is 0 Å². The summed E-state index contributed by atoms with van der Waals surface area (Å²) in [5.74, 6) is 0.352. The van der Waals surface area contributed by atoms with Gasteiger partial charge in [-0.3, -0.25) is 9.67 Å². The Balaban J connectivity index is 2.29. The first kappa shape index (κ1) is 12.7. The number of aromatic nitrogens is 3.